The first-order chi connectivity index (χ1) is 13.6. The maximum absolute atomic E-state index is 12.8. The number of anilines is 1. The van der Waals surface area contributed by atoms with Crippen molar-refractivity contribution in [3.05, 3.63) is 60.4 Å². The predicted octanol–water partition coefficient (Wildman–Crippen LogP) is 5.19. The third kappa shape index (κ3) is 4.42. The lowest BCUT2D eigenvalue weighted by Gasteiger charge is -2.15. The Kier molecular flexibility index (Phi) is 5.73. The van der Waals surface area contributed by atoms with Gasteiger partial charge in [-0.05, 0) is 51.0 Å². The Morgan fingerprint density at radius 3 is 2.57 bits per heavy atom. The van der Waals surface area contributed by atoms with Crippen molar-refractivity contribution in [2.45, 2.75) is 52.9 Å². The Morgan fingerprint density at radius 1 is 1.11 bits per heavy atom. The predicted molar refractivity (Wildman–Crippen MR) is 114 cm³/mol. The smallest absolute Gasteiger partial charge is 0.237 e. The first-order valence-corrected chi connectivity index (χ1v) is 11.0. The molecule has 1 aliphatic rings. The van der Waals surface area contributed by atoms with Gasteiger partial charge in [0.05, 0.1) is 10.9 Å². The zero-order valence-corrected chi connectivity index (χ0v) is 17.5. The van der Waals surface area contributed by atoms with Crippen LogP contribution in [0.2, 0.25) is 0 Å². The number of para-hydroxylation sites is 1. The first-order valence-electron chi connectivity index (χ1n) is 9.33. The van der Waals surface area contributed by atoms with E-state index in [9.17, 15) is 4.79 Å². The van der Waals surface area contributed by atoms with Crippen LogP contribution in [0.25, 0.3) is 0 Å². The lowest BCUT2D eigenvalue weighted by atomic mass is 10.3. The van der Waals surface area contributed by atoms with Gasteiger partial charge in [0.25, 0.3) is 0 Å². The van der Waals surface area contributed by atoms with Gasteiger partial charge in [-0.25, -0.2) is 0 Å². The standard InChI is InChI=1S/C21H22N4OS2/c1-14(27-21-24-23-15(2)25(21)16-12-13-16)20(26)22-18-10-6-7-11-19(18)28-17-8-4-3-5-9-17/h3-11,14,16H,12-13H2,1-2H3,(H,22,26)/t14-/m1/s1. The molecular formula is C21H22N4OS2. The fourth-order valence-corrected chi connectivity index (χ4v) is 4.79. The molecule has 1 fully saturated rings. The molecule has 1 heterocycles. The summed E-state index contributed by atoms with van der Waals surface area (Å²) in [6, 6.07) is 18.5. The van der Waals surface area contributed by atoms with Crippen LogP contribution in [-0.4, -0.2) is 25.9 Å². The summed E-state index contributed by atoms with van der Waals surface area (Å²) in [6.45, 7) is 3.88. The quantitative estimate of drug-likeness (QED) is 0.543. The number of amides is 1. The van der Waals surface area contributed by atoms with Gasteiger partial charge in [0.2, 0.25) is 5.91 Å². The van der Waals surface area contributed by atoms with Crippen LogP contribution >= 0.6 is 23.5 Å². The summed E-state index contributed by atoms with van der Waals surface area (Å²) in [7, 11) is 0. The Morgan fingerprint density at radius 2 is 1.82 bits per heavy atom. The number of carbonyl (C=O) groups is 1. The Hall–Kier alpha value is -2.25. The highest BCUT2D eigenvalue weighted by Gasteiger charge is 2.30. The van der Waals surface area contributed by atoms with E-state index in [0.29, 0.717) is 6.04 Å². The van der Waals surface area contributed by atoms with E-state index >= 15 is 0 Å². The number of rotatable bonds is 7. The maximum atomic E-state index is 12.8. The number of aryl methyl sites for hydroxylation is 1. The van der Waals surface area contributed by atoms with Crippen LogP contribution < -0.4 is 5.32 Å². The van der Waals surface area contributed by atoms with E-state index in [2.05, 4.69) is 32.2 Å². The van der Waals surface area contributed by atoms with Crippen LogP contribution in [0.3, 0.4) is 0 Å². The maximum Gasteiger partial charge on any atom is 0.237 e. The highest BCUT2D eigenvalue weighted by molar-refractivity contribution is 8.00. The number of aromatic nitrogens is 3. The summed E-state index contributed by atoms with van der Waals surface area (Å²) < 4.78 is 2.16. The Balaban J connectivity index is 1.45. The average molecular weight is 411 g/mol. The lowest BCUT2D eigenvalue weighted by Crippen LogP contribution is -2.23. The molecule has 0 bridgehead atoms. The molecule has 0 aliphatic heterocycles. The Bertz CT molecular complexity index is 970. The summed E-state index contributed by atoms with van der Waals surface area (Å²) in [5, 5.41) is 12.1. The zero-order chi connectivity index (χ0) is 19.5. The van der Waals surface area contributed by atoms with Crippen molar-refractivity contribution in [2.24, 2.45) is 0 Å². The molecule has 1 amide bonds. The van der Waals surface area contributed by atoms with Crippen molar-refractivity contribution in [1.29, 1.82) is 0 Å². The van der Waals surface area contributed by atoms with Crippen LogP contribution in [-0.2, 0) is 4.79 Å². The van der Waals surface area contributed by atoms with Gasteiger partial charge in [0, 0.05) is 15.8 Å². The van der Waals surface area contributed by atoms with Gasteiger partial charge >= 0.3 is 0 Å². The highest BCUT2D eigenvalue weighted by atomic mass is 32.2. The summed E-state index contributed by atoms with van der Waals surface area (Å²) in [6.07, 6.45) is 2.33. The third-order valence-corrected chi connectivity index (χ3v) is 6.65. The molecule has 4 rings (SSSR count). The normalized spacial score (nSPS) is 14.6. The molecule has 1 aliphatic carbocycles. The van der Waals surface area contributed by atoms with E-state index < -0.39 is 0 Å². The average Bonchev–Trinajstić information content (AvgIpc) is 3.47. The minimum absolute atomic E-state index is 0.0332. The van der Waals surface area contributed by atoms with Gasteiger partial charge in [-0.1, -0.05) is 53.9 Å². The number of nitrogens with zero attached hydrogens (tertiary/aromatic N) is 3. The molecule has 1 saturated carbocycles. The number of nitrogens with one attached hydrogen (secondary N) is 1. The number of benzene rings is 2. The molecule has 1 atom stereocenters. The fraction of sp³-hybridized carbons (Fsp3) is 0.286. The van der Waals surface area contributed by atoms with E-state index in [1.54, 1.807) is 11.8 Å². The van der Waals surface area contributed by atoms with Gasteiger partial charge in [-0.15, -0.1) is 10.2 Å². The molecule has 0 spiro atoms. The third-order valence-electron chi connectivity index (χ3n) is 4.51. The number of carbonyl (C=O) groups excluding carboxylic acids is 1. The van der Waals surface area contributed by atoms with Crippen LogP contribution in [0, 0.1) is 6.92 Å². The molecule has 5 nitrogen and oxygen atoms in total. The largest absolute Gasteiger partial charge is 0.324 e. The second kappa shape index (κ2) is 8.41. The minimum Gasteiger partial charge on any atom is -0.324 e. The number of hydrogen-bond donors (Lipinski definition) is 1. The Labute approximate surface area is 173 Å². The second-order valence-electron chi connectivity index (χ2n) is 6.79. The summed E-state index contributed by atoms with van der Waals surface area (Å²) in [4.78, 5) is 15.0. The molecule has 1 N–H and O–H groups in total. The monoisotopic (exact) mass is 410 g/mol. The summed E-state index contributed by atoms with van der Waals surface area (Å²) in [5.41, 5.74) is 0.827. The van der Waals surface area contributed by atoms with Gasteiger partial charge in [-0.3, -0.25) is 4.79 Å². The molecule has 7 heteroatoms. The van der Waals surface area contributed by atoms with Crippen molar-refractivity contribution in [3.63, 3.8) is 0 Å². The van der Waals surface area contributed by atoms with Crippen molar-refractivity contribution in [1.82, 2.24) is 14.8 Å². The highest BCUT2D eigenvalue weighted by Crippen LogP contribution is 2.39. The molecule has 28 heavy (non-hydrogen) atoms. The minimum atomic E-state index is -0.268. The molecule has 0 radical (unpaired) electrons. The summed E-state index contributed by atoms with van der Waals surface area (Å²) in [5.74, 6) is 0.885. The topological polar surface area (TPSA) is 59.8 Å². The molecule has 0 unspecified atom stereocenters. The van der Waals surface area contributed by atoms with Crippen molar-refractivity contribution < 1.29 is 4.79 Å². The zero-order valence-electron chi connectivity index (χ0n) is 15.8. The van der Waals surface area contributed by atoms with Crippen LogP contribution in [0.5, 0.6) is 0 Å². The van der Waals surface area contributed by atoms with Gasteiger partial charge in [0.15, 0.2) is 5.16 Å². The van der Waals surface area contributed by atoms with E-state index in [0.717, 1.165) is 39.3 Å². The van der Waals surface area contributed by atoms with E-state index in [-0.39, 0.29) is 11.2 Å². The molecule has 1 aromatic heterocycles. The first kappa shape index (κ1) is 19.1. The van der Waals surface area contributed by atoms with Gasteiger partial charge in [-0.2, -0.15) is 0 Å². The molecular weight excluding hydrogens is 388 g/mol. The molecule has 0 saturated heterocycles. The van der Waals surface area contributed by atoms with Gasteiger partial charge < -0.3 is 9.88 Å². The molecule has 3 aromatic rings. The molecule has 144 valence electrons. The van der Waals surface area contributed by atoms with Crippen molar-refractivity contribution in [3.8, 4) is 0 Å². The van der Waals surface area contributed by atoms with E-state index in [4.69, 9.17) is 0 Å². The van der Waals surface area contributed by atoms with Crippen molar-refractivity contribution >= 4 is 35.1 Å². The van der Waals surface area contributed by atoms with Crippen LogP contribution in [0.15, 0.2) is 69.5 Å². The van der Waals surface area contributed by atoms with E-state index in [1.165, 1.54) is 11.8 Å². The summed E-state index contributed by atoms with van der Waals surface area (Å²) >= 11 is 3.11. The lowest BCUT2D eigenvalue weighted by molar-refractivity contribution is -0.115. The number of hydrogen-bond acceptors (Lipinski definition) is 5. The van der Waals surface area contributed by atoms with Crippen LogP contribution in [0.1, 0.15) is 31.6 Å². The number of thioether (sulfide) groups is 1. The SMILES string of the molecule is Cc1nnc(S[C@H](C)C(=O)Nc2ccccc2Sc2ccccc2)n1C1CC1. The molecule has 2 aromatic carbocycles. The van der Waals surface area contributed by atoms with E-state index in [1.807, 2.05) is 56.3 Å². The van der Waals surface area contributed by atoms with Crippen molar-refractivity contribution in [2.75, 3.05) is 5.32 Å². The second-order valence-corrected chi connectivity index (χ2v) is 9.21. The fourth-order valence-electron chi connectivity index (χ4n) is 2.90. The van der Waals surface area contributed by atoms with Gasteiger partial charge in [0.1, 0.15) is 5.82 Å². The van der Waals surface area contributed by atoms with Crippen LogP contribution in [0.4, 0.5) is 5.69 Å².